The van der Waals surface area contributed by atoms with E-state index in [0.717, 1.165) is 6.07 Å². The molecule has 0 aliphatic heterocycles. The maximum absolute atomic E-state index is 12.1. The van der Waals surface area contributed by atoms with Crippen LogP contribution < -0.4 is 4.74 Å². The molecule has 0 aliphatic carbocycles. The number of ether oxygens (including phenoxy) is 2. The number of hydrogen-bond acceptors (Lipinski definition) is 6. The van der Waals surface area contributed by atoms with E-state index in [4.69, 9.17) is 14.7 Å². The van der Waals surface area contributed by atoms with E-state index < -0.39 is 10.9 Å². The van der Waals surface area contributed by atoms with Gasteiger partial charge in [0.05, 0.1) is 23.7 Å². The number of rotatable bonds is 5. The van der Waals surface area contributed by atoms with Crippen LogP contribution in [0.3, 0.4) is 0 Å². The molecule has 7 heteroatoms. The third kappa shape index (κ3) is 3.83. The van der Waals surface area contributed by atoms with Crippen LogP contribution in [0.2, 0.25) is 0 Å². The van der Waals surface area contributed by atoms with Crippen LogP contribution >= 0.6 is 0 Å². The van der Waals surface area contributed by atoms with E-state index in [1.807, 2.05) is 6.07 Å². The predicted molar refractivity (Wildman–Crippen MR) is 79.9 cm³/mol. The number of carbonyl (C=O) groups is 1. The van der Waals surface area contributed by atoms with Crippen molar-refractivity contribution in [3.63, 3.8) is 0 Å². The number of benzene rings is 2. The maximum atomic E-state index is 12.1. The lowest BCUT2D eigenvalue weighted by atomic mass is 10.1. The number of hydrogen-bond donors (Lipinski definition) is 0. The highest BCUT2D eigenvalue weighted by Gasteiger charge is 2.18. The van der Waals surface area contributed by atoms with Gasteiger partial charge in [-0.1, -0.05) is 12.1 Å². The number of non-ortho nitro benzene ring substituents is 1. The first-order valence-corrected chi connectivity index (χ1v) is 6.53. The Labute approximate surface area is 131 Å². The van der Waals surface area contributed by atoms with Crippen LogP contribution in [0.25, 0.3) is 0 Å². The van der Waals surface area contributed by atoms with Crippen molar-refractivity contribution in [1.82, 2.24) is 0 Å². The van der Waals surface area contributed by atoms with Gasteiger partial charge < -0.3 is 9.47 Å². The first kappa shape index (κ1) is 16.0. The van der Waals surface area contributed by atoms with Gasteiger partial charge in [0.2, 0.25) is 0 Å². The highest BCUT2D eigenvalue weighted by atomic mass is 16.6. The number of nitrogens with zero attached hydrogens (tertiary/aromatic N) is 2. The molecular weight excluding hydrogens is 300 g/mol. The minimum atomic E-state index is -0.743. The van der Waals surface area contributed by atoms with Gasteiger partial charge in [-0.25, -0.2) is 4.79 Å². The Bertz CT molecular complexity index is 795. The van der Waals surface area contributed by atoms with Crippen molar-refractivity contribution in [2.45, 2.75) is 6.61 Å². The molecule has 2 aromatic rings. The number of esters is 1. The third-order valence-corrected chi connectivity index (χ3v) is 3.04. The second kappa shape index (κ2) is 7.04. The van der Waals surface area contributed by atoms with Gasteiger partial charge in [-0.05, 0) is 23.8 Å². The lowest BCUT2D eigenvalue weighted by molar-refractivity contribution is -0.384. The van der Waals surface area contributed by atoms with Crippen molar-refractivity contribution < 1.29 is 19.2 Å². The van der Waals surface area contributed by atoms with Gasteiger partial charge in [0, 0.05) is 12.1 Å². The second-order valence-corrected chi connectivity index (χ2v) is 4.53. The lowest BCUT2D eigenvalue weighted by Crippen LogP contribution is -2.08. The Morgan fingerprint density at radius 1 is 1.30 bits per heavy atom. The monoisotopic (exact) mass is 312 g/mol. The summed E-state index contributed by atoms with van der Waals surface area (Å²) in [5.41, 5.74) is 0.829. The fourth-order valence-corrected chi connectivity index (χ4v) is 1.93. The molecule has 0 aliphatic rings. The zero-order valence-electron chi connectivity index (χ0n) is 12.2. The van der Waals surface area contributed by atoms with Crippen LogP contribution in [0.4, 0.5) is 5.69 Å². The van der Waals surface area contributed by atoms with E-state index >= 15 is 0 Å². The molecule has 0 spiro atoms. The summed E-state index contributed by atoms with van der Waals surface area (Å²) in [6.45, 7) is -0.0554. The van der Waals surface area contributed by atoms with Gasteiger partial charge in [0.1, 0.15) is 17.9 Å². The third-order valence-electron chi connectivity index (χ3n) is 3.04. The fourth-order valence-electron chi connectivity index (χ4n) is 1.93. The number of nitro benzene ring substituents is 1. The van der Waals surface area contributed by atoms with Crippen molar-refractivity contribution in [2.75, 3.05) is 7.11 Å². The molecule has 2 rings (SSSR count). The lowest BCUT2D eigenvalue weighted by Gasteiger charge is -2.09. The summed E-state index contributed by atoms with van der Waals surface area (Å²) in [4.78, 5) is 22.3. The van der Waals surface area contributed by atoms with Crippen molar-refractivity contribution in [2.24, 2.45) is 0 Å². The largest absolute Gasteiger partial charge is 0.496 e. The molecule has 116 valence electrons. The van der Waals surface area contributed by atoms with Crippen LogP contribution in [-0.4, -0.2) is 18.0 Å². The molecule has 23 heavy (non-hydrogen) atoms. The number of methoxy groups -OCH3 is 1. The Balaban J connectivity index is 2.18. The molecule has 0 radical (unpaired) electrons. The van der Waals surface area contributed by atoms with Gasteiger partial charge in [-0.15, -0.1) is 0 Å². The van der Waals surface area contributed by atoms with Crippen LogP contribution in [0.1, 0.15) is 21.5 Å². The summed E-state index contributed by atoms with van der Waals surface area (Å²) in [6.07, 6.45) is 0. The Morgan fingerprint density at radius 2 is 2.09 bits per heavy atom. The van der Waals surface area contributed by atoms with Crippen LogP contribution in [0, 0.1) is 21.4 Å². The van der Waals surface area contributed by atoms with Crippen LogP contribution in [0.15, 0.2) is 42.5 Å². The molecule has 0 heterocycles. The average molecular weight is 312 g/mol. The predicted octanol–water partition coefficient (Wildman–Crippen LogP) is 2.83. The molecular formula is C16H12N2O5. The molecule has 2 aromatic carbocycles. The first-order chi connectivity index (χ1) is 11.0. The van der Waals surface area contributed by atoms with Crippen LogP contribution in [-0.2, 0) is 11.3 Å². The molecule has 0 unspecified atom stereocenters. The van der Waals surface area contributed by atoms with Crippen molar-refractivity contribution in [3.05, 3.63) is 69.3 Å². The molecule has 0 fully saturated rings. The van der Waals surface area contributed by atoms with E-state index in [2.05, 4.69) is 0 Å². The molecule has 0 aromatic heterocycles. The molecule has 7 nitrogen and oxygen atoms in total. The Kier molecular flexibility index (Phi) is 4.89. The quantitative estimate of drug-likeness (QED) is 0.478. The average Bonchev–Trinajstić information content (AvgIpc) is 2.59. The van der Waals surface area contributed by atoms with Gasteiger partial charge in [-0.2, -0.15) is 5.26 Å². The summed E-state index contributed by atoms with van der Waals surface area (Å²) in [6, 6.07) is 12.3. The first-order valence-electron chi connectivity index (χ1n) is 6.53. The van der Waals surface area contributed by atoms with Gasteiger partial charge in [-0.3, -0.25) is 10.1 Å². The Morgan fingerprint density at radius 3 is 2.74 bits per heavy atom. The van der Waals surface area contributed by atoms with E-state index in [-0.39, 0.29) is 23.6 Å². The minimum Gasteiger partial charge on any atom is -0.496 e. The van der Waals surface area contributed by atoms with Crippen LogP contribution in [0.5, 0.6) is 5.75 Å². The molecule has 0 N–H and O–H groups in total. The number of carbonyl (C=O) groups excluding carboxylic acids is 1. The SMILES string of the molecule is COc1ccc([N+](=O)[O-])cc1C(=O)OCc1cccc(C#N)c1. The van der Waals surface area contributed by atoms with Gasteiger partial charge in [0.25, 0.3) is 5.69 Å². The second-order valence-electron chi connectivity index (χ2n) is 4.53. The van der Waals surface area contributed by atoms with Gasteiger partial charge in [0.15, 0.2) is 0 Å². The standard InChI is InChI=1S/C16H12N2O5/c1-22-15-6-5-13(18(20)21)8-14(15)16(19)23-10-12-4-2-3-11(7-12)9-17/h2-8H,10H2,1H3. The van der Waals surface area contributed by atoms with E-state index in [1.165, 1.54) is 19.2 Å². The summed E-state index contributed by atoms with van der Waals surface area (Å²) < 4.78 is 10.2. The molecule has 0 saturated carbocycles. The summed E-state index contributed by atoms with van der Waals surface area (Å²) in [5.74, 6) is -0.556. The summed E-state index contributed by atoms with van der Waals surface area (Å²) in [5, 5.41) is 19.6. The smallest absolute Gasteiger partial charge is 0.342 e. The summed E-state index contributed by atoms with van der Waals surface area (Å²) >= 11 is 0. The van der Waals surface area contributed by atoms with Crippen molar-refractivity contribution >= 4 is 11.7 Å². The zero-order chi connectivity index (χ0) is 16.8. The normalized spacial score (nSPS) is 9.74. The number of nitro groups is 1. The highest BCUT2D eigenvalue weighted by molar-refractivity contribution is 5.93. The van der Waals surface area contributed by atoms with Gasteiger partial charge >= 0.3 is 5.97 Å². The number of nitriles is 1. The Hall–Kier alpha value is -3.40. The molecule has 0 bridgehead atoms. The topological polar surface area (TPSA) is 102 Å². The molecule has 0 amide bonds. The van der Waals surface area contributed by atoms with E-state index in [1.54, 1.807) is 24.3 Å². The summed E-state index contributed by atoms with van der Waals surface area (Å²) in [7, 11) is 1.36. The molecule has 0 saturated heterocycles. The van der Waals surface area contributed by atoms with E-state index in [9.17, 15) is 14.9 Å². The van der Waals surface area contributed by atoms with Crippen molar-refractivity contribution in [1.29, 1.82) is 5.26 Å². The van der Waals surface area contributed by atoms with Crippen molar-refractivity contribution in [3.8, 4) is 11.8 Å². The highest BCUT2D eigenvalue weighted by Crippen LogP contribution is 2.25. The fraction of sp³-hybridized carbons (Fsp3) is 0.125. The molecule has 0 atom stereocenters. The minimum absolute atomic E-state index is 0.0295. The van der Waals surface area contributed by atoms with E-state index in [0.29, 0.717) is 11.1 Å². The zero-order valence-corrected chi connectivity index (χ0v) is 12.2. The maximum Gasteiger partial charge on any atom is 0.342 e.